The number of nitrogens with one attached hydrogen (secondary N) is 3. The summed E-state index contributed by atoms with van der Waals surface area (Å²) in [5.74, 6) is 0.782. The quantitative estimate of drug-likeness (QED) is 0.514. The Morgan fingerprint density at radius 1 is 1.10 bits per heavy atom. The molecule has 31 heavy (non-hydrogen) atoms. The predicted molar refractivity (Wildman–Crippen MR) is 116 cm³/mol. The molecule has 0 atom stereocenters. The third kappa shape index (κ3) is 4.76. The summed E-state index contributed by atoms with van der Waals surface area (Å²) < 4.78 is 16.5. The van der Waals surface area contributed by atoms with Gasteiger partial charge in [-0.2, -0.15) is 10.2 Å². The number of H-pyrrole nitrogens is 1. The number of hydrogen-bond donors (Lipinski definition) is 3. The molecule has 3 N–H and O–H groups in total. The second-order valence-electron chi connectivity index (χ2n) is 8.85. The number of rotatable bonds is 8. The monoisotopic (exact) mass is 424 g/mol. The fourth-order valence-corrected chi connectivity index (χ4v) is 4.38. The van der Waals surface area contributed by atoms with E-state index >= 15 is 0 Å². The Bertz CT molecular complexity index is 1000. The van der Waals surface area contributed by atoms with Crippen molar-refractivity contribution >= 4 is 5.95 Å². The van der Waals surface area contributed by atoms with Crippen LogP contribution in [0.2, 0.25) is 0 Å². The average Bonchev–Trinajstić information content (AvgIpc) is 3.31. The van der Waals surface area contributed by atoms with Crippen molar-refractivity contribution in [3.63, 3.8) is 0 Å². The number of aromatic amines is 1. The lowest BCUT2D eigenvalue weighted by Gasteiger charge is -2.29. The minimum absolute atomic E-state index is 0.296. The maximum Gasteiger partial charge on any atom is 0.223 e. The van der Waals surface area contributed by atoms with Gasteiger partial charge in [-0.1, -0.05) is 0 Å². The van der Waals surface area contributed by atoms with E-state index in [1.54, 1.807) is 6.20 Å². The molecule has 3 aromatic rings. The molecule has 0 bridgehead atoms. The molecule has 2 aliphatic carbocycles. The number of nitrogens with zero attached hydrogens (tertiary/aromatic N) is 5. The molecule has 0 amide bonds. The molecule has 3 aromatic heterocycles. The zero-order valence-corrected chi connectivity index (χ0v) is 17.8. The number of aryl methyl sites for hydroxylation is 1. The minimum Gasteiger partial charge on any atom is -0.351 e. The Balaban J connectivity index is 1.21. The first-order chi connectivity index (χ1) is 15.2. The Kier molecular flexibility index (Phi) is 5.67. The van der Waals surface area contributed by atoms with Crippen molar-refractivity contribution in [1.82, 2.24) is 35.3 Å². The van der Waals surface area contributed by atoms with Gasteiger partial charge in [0.2, 0.25) is 5.95 Å². The van der Waals surface area contributed by atoms with Crippen LogP contribution in [0.1, 0.15) is 49.8 Å². The van der Waals surface area contributed by atoms with Gasteiger partial charge in [-0.3, -0.25) is 9.78 Å². The van der Waals surface area contributed by atoms with E-state index in [-0.39, 0.29) is 0 Å². The Hall–Kier alpha value is -2.81. The zero-order chi connectivity index (χ0) is 21.2. The first-order valence-electron chi connectivity index (χ1n) is 11.2. The third-order valence-electron chi connectivity index (χ3n) is 6.45. The van der Waals surface area contributed by atoms with Gasteiger partial charge < -0.3 is 10.6 Å². The maximum absolute atomic E-state index is 14.6. The number of aromatic nitrogens is 6. The minimum atomic E-state index is -0.400. The molecule has 0 spiro atoms. The Morgan fingerprint density at radius 3 is 2.65 bits per heavy atom. The van der Waals surface area contributed by atoms with Crippen LogP contribution < -0.4 is 10.6 Å². The van der Waals surface area contributed by atoms with Gasteiger partial charge in [0.15, 0.2) is 5.82 Å². The smallest absolute Gasteiger partial charge is 0.223 e. The molecule has 2 aliphatic rings. The summed E-state index contributed by atoms with van der Waals surface area (Å²) >= 11 is 0. The standard InChI is InChI=1S/C22H29FN8/c1-31-20(8-14-2-3-14)18(12-28-31)21-19(23)13-25-22(30-21)29-17-6-4-16(5-7-17)24-9-15-10-26-27-11-15/h10-14,16-17,24H,2-9H2,1H3,(H,26,27)(H,25,29,30)/t16-,17+. The van der Waals surface area contributed by atoms with Crippen LogP contribution in [0.3, 0.4) is 0 Å². The lowest BCUT2D eigenvalue weighted by atomic mass is 9.91. The van der Waals surface area contributed by atoms with E-state index in [9.17, 15) is 4.39 Å². The molecule has 2 fully saturated rings. The maximum atomic E-state index is 14.6. The van der Waals surface area contributed by atoms with Gasteiger partial charge in [0.05, 0.1) is 18.6 Å². The molecular formula is C22H29FN8. The van der Waals surface area contributed by atoms with E-state index in [1.807, 2.05) is 24.1 Å². The van der Waals surface area contributed by atoms with Gasteiger partial charge in [0.25, 0.3) is 0 Å². The van der Waals surface area contributed by atoms with Gasteiger partial charge in [-0.15, -0.1) is 0 Å². The summed E-state index contributed by atoms with van der Waals surface area (Å²) in [5, 5.41) is 18.2. The zero-order valence-electron chi connectivity index (χ0n) is 17.8. The summed E-state index contributed by atoms with van der Waals surface area (Å²) in [5.41, 5.74) is 3.35. The summed E-state index contributed by atoms with van der Waals surface area (Å²) in [6, 6.07) is 0.795. The van der Waals surface area contributed by atoms with Crippen LogP contribution in [-0.4, -0.2) is 42.0 Å². The van der Waals surface area contributed by atoms with Crippen molar-refractivity contribution in [1.29, 1.82) is 0 Å². The highest BCUT2D eigenvalue weighted by Gasteiger charge is 2.27. The van der Waals surface area contributed by atoms with Crippen LogP contribution in [0, 0.1) is 11.7 Å². The highest BCUT2D eigenvalue weighted by atomic mass is 19.1. The highest BCUT2D eigenvalue weighted by molar-refractivity contribution is 5.63. The van der Waals surface area contributed by atoms with Crippen molar-refractivity contribution in [2.45, 2.75) is 63.6 Å². The fraction of sp³-hybridized carbons (Fsp3) is 0.545. The Labute approximate surface area is 181 Å². The van der Waals surface area contributed by atoms with Crippen molar-refractivity contribution in [3.8, 4) is 11.3 Å². The second-order valence-corrected chi connectivity index (χ2v) is 8.85. The molecule has 9 heteroatoms. The predicted octanol–water partition coefficient (Wildman–Crippen LogP) is 3.20. The highest BCUT2D eigenvalue weighted by Crippen LogP contribution is 2.36. The lowest BCUT2D eigenvalue weighted by molar-refractivity contribution is 0.352. The summed E-state index contributed by atoms with van der Waals surface area (Å²) in [6.07, 6.45) is 14.4. The first-order valence-corrected chi connectivity index (χ1v) is 11.2. The normalized spacial score (nSPS) is 21.4. The Morgan fingerprint density at radius 2 is 1.90 bits per heavy atom. The fourth-order valence-electron chi connectivity index (χ4n) is 4.38. The molecule has 8 nitrogen and oxygen atoms in total. The van der Waals surface area contributed by atoms with Gasteiger partial charge in [0, 0.05) is 48.7 Å². The molecule has 2 saturated carbocycles. The number of halogens is 1. The van der Waals surface area contributed by atoms with Crippen LogP contribution >= 0.6 is 0 Å². The molecular weight excluding hydrogens is 395 g/mol. The van der Waals surface area contributed by atoms with E-state index in [0.29, 0.717) is 29.6 Å². The van der Waals surface area contributed by atoms with E-state index in [4.69, 9.17) is 0 Å². The van der Waals surface area contributed by atoms with Crippen LogP contribution in [0.4, 0.5) is 10.3 Å². The molecule has 164 valence electrons. The van der Waals surface area contributed by atoms with E-state index in [2.05, 4.69) is 35.9 Å². The van der Waals surface area contributed by atoms with Gasteiger partial charge >= 0.3 is 0 Å². The lowest BCUT2D eigenvalue weighted by Crippen LogP contribution is -2.36. The molecule has 0 aliphatic heterocycles. The van der Waals surface area contributed by atoms with Crippen molar-refractivity contribution in [2.75, 3.05) is 5.32 Å². The first kappa shape index (κ1) is 20.1. The third-order valence-corrected chi connectivity index (χ3v) is 6.45. The summed E-state index contributed by atoms with van der Waals surface area (Å²) in [6.45, 7) is 0.831. The summed E-state index contributed by atoms with van der Waals surface area (Å²) in [7, 11) is 1.92. The van der Waals surface area contributed by atoms with Crippen molar-refractivity contribution in [2.24, 2.45) is 13.0 Å². The largest absolute Gasteiger partial charge is 0.351 e. The number of anilines is 1. The van der Waals surface area contributed by atoms with Crippen molar-refractivity contribution < 1.29 is 4.39 Å². The molecule has 0 unspecified atom stereocenters. The van der Waals surface area contributed by atoms with Crippen LogP contribution in [0.5, 0.6) is 0 Å². The van der Waals surface area contributed by atoms with Crippen LogP contribution in [0.15, 0.2) is 24.8 Å². The van der Waals surface area contributed by atoms with Gasteiger partial charge in [0.1, 0.15) is 5.69 Å². The van der Waals surface area contributed by atoms with Gasteiger partial charge in [-0.05, 0) is 50.9 Å². The molecule has 0 aromatic carbocycles. The molecule has 3 heterocycles. The summed E-state index contributed by atoms with van der Waals surface area (Å²) in [4.78, 5) is 8.76. The second kappa shape index (κ2) is 8.74. The van der Waals surface area contributed by atoms with E-state index in [0.717, 1.165) is 49.9 Å². The topological polar surface area (TPSA) is 96.3 Å². The number of hydrogen-bond acceptors (Lipinski definition) is 6. The van der Waals surface area contributed by atoms with Crippen LogP contribution in [0.25, 0.3) is 11.3 Å². The SMILES string of the molecule is Cn1ncc(-c2nc(N[C@H]3CC[C@@H](NCc4cn[nH]c4)CC3)ncc2F)c1CC1CC1. The van der Waals surface area contributed by atoms with Crippen LogP contribution in [-0.2, 0) is 20.0 Å². The average molecular weight is 425 g/mol. The van der Waals surface area contributed by atoms with Crippen molar-refractivity contribution in [3.05, 3.63) is 41.9 Å². The van der Waals surface area contributed by atoms with E-state index < -0.39 is 5.82 Å². The van der Waals surface area contributed by atoms with Gasteiger partial charge in [-0.25, -0.2) is 14.4 Å². The van der Waals surface area contributed by atoms with E-state index in [1.165, 1.54) is 24.6 Å². The molecule has 5 rings (SSSR count). The molecule has 0 saturated heterocycles. The molecule has 0 radical (unpaired) electrons.